The molecular formula is C31H44F2O2. The minimum atomic E-state index is -0.652. The summed E-state index contributed by atoms with van der Waals surface area (Å²) in [6, 6.07) is 2.32. The fourth-order valence-electron chi connectivity index (χ4n) is 7.48. The number of ether oxygens (including phenoxy) is 1. The molecule has 0 spiro atoms. The lowest BCUT2D eigenvalue weighted by Gasteiger charge is -2.46. The second-order valence-corrected chi connectivity index (χ2v) is 11.6. The van der Waals surface area contributed by atoms with Crippen LogP contribution in [0.4, 0.5) is 8.78 Å². The highest BCUT2D eigenvalue weighted by atomic mass is 19.1. The standard InChI is InChI=1S/C31H44F2O2/c1-3-5-8-21-12-14-22(15-13-21)23-16-17-26-24(18-23)9-7-11-27(26)31(34)35-25-19-29(32)28(10-6-4-2)30(33)20-25/h4,19-24,26-27H,2-3,5-18H2,1H3. The quantitative estimate of drug-likeness (QED) is 0.198. The van der Waals surface area contributed by atoms with Gasteiger partial charge in [-0.25, -0.2) is 8.78 Å². The average molecular weight is 487 g/mol. The van der Waals surface area contributed by atoms with Gasteiger partial charge >= 0.3 is 5.97 Å². The summed E-state index contributed by atoms with van der Waals surface area (Å²) < 4.78 is 34.4. The molecule has 4 heteroatoms. The third-order valence-electron chi connectivity index (χ3n) is 9.45. The van der Waals surface area contributed by atoms with Crippen LogP contribution in [0.1, 0.15) is 102 Å². The predicted octanol–water partition coefficient (Wildman–Crippen LogP) is 8.82. The molecule has 0 saturated heterocycles. The molecule has 194 valence electrons. The van der Waals surface area contributed by atoms with Crippen molar-refractivity contribution in [3.05, 3.63) is 42.0 Å². The number of unbranched alkanes of at least 4 members (excludes halogenated alkanes) is 1. The highest BCUT2D eigenvalue weighted by Crippen LogP contribution is 2.50. The Morgan fingerprint density at radius 3 is 2.40 bits per heavy atom. The number of benzene rings is 1. The zero-order valence-corrected chi connectivity index (χ0v) is 21.6. The molecule has 0 bridgehead atoms. The maximum absolute atomic E-state index is 14.4. The van der Waals surface area contributed by atoms with Crippen molar-refractivity contribution in [3.63, 3.8) is 0 Å². The molecule has 3 aliphatic rings. The first-order chi connectivity index (χ1) is 17.0. The first kappa shape index (κ1) is 26.4. The Labute approximate surface area is 210 Å². The van der Waals surface area contributed by atoms with Gasteiger partial charge in [0.05, 0.1) is 5.92 Å². The van der Waals surface area contributed by atoms with E-state index in [4.69, 9.17) is 4.74 Å². The minimum Gasteiger partial charge on any atom is -0.426 e. The average Bonchev–Trinajstić information content (AvgIpc) is 2.86. The molecule has 0 N–H and O–H groups in total. The molecule has 3 saturated carbocycles. The zero-order valence-electron chi connectivity index (χ0n) is 21.6. The monoisotopic (exact) mass is 486 g/mol. The van der Waals surface area contributed by atoms with Crippen LogP contribution in [0.2, 0.25) is 0 Å². The van der Waals surface area contributed by atoms with Gasteiger partial charge in [0.15, 0.2) is 0 Å². The molecule has 4 unspecified atom stereocenters. The molecule has 0 heterocycles. The Morgan fingerprint density at radius 1 is 1.00 bits per heavy atom. The smallest absolute Gasteiger partial charge is 0.314 e. The number of fused-ring (bicyclic) bond motifs is 1. The Morgan fingerprint density at radius 2 is 1.71 bits per heavy atom. The topological polar surface area (TPSA) is 26.3 Å². The fourth-order valence-corrected chi connectivity index (χ4v) is 7.48. The van der Waals surface area contributed by atoms with Crippen LogP contribution in [0.5, 0.6) is 5.75 Å². The number of hydrogen-bond acceptors (Lipinski definition) is 2. The molecule has 0 radical (unpaired) electrons. The number of carbonyl (C=O) groups excluding carboxylic acids is 1. The van der Waals surface area contributed by atoms with Crippen molar-refractivity contribution in [2.24, 2.45) is 35.5 Å². The number of halogens is 2. The summed E-state index contributed by atoms with van der Waals surface area (Å²) in [5, 5.41) is 0. The van der Waals surface area contributed by atoms with Crippen molar-refractivity contribution >= 4 is 5.97 Å². The minimum absolute atomic E-state index is 0.0111. The van der Waals surface area contributed by atoms with Crippen molar-refractivity contribution in [1.29, 1.82) is 0 Å². The van der Waals surface area contributed by atoms with Crippen LogP contribution in [0, 0.1) is 47.1 Å². The number of rotatable bonds is 9. The van der Waals surface area contributed by atoms with Crippen molar-refractivity contribution in [2.75, 3.05) is 0 Å². The van der Waals surface area contributed by atoms with E-state index >= 15 is 0 Å². The summed E-state index contributed by atoms with van der Waals surface area (Å²) in [6.45, 7) is 5.89. The Hall–Kier alpha value is -1.71. The SMILES string of the molecule is C=CCCc1c(F)cc(OC(=O)C2CCCC3CC(C4CCC(CCCC)CC4)CCC32)cc1F. The third kappa shape index (κ3) is 6.54. The van der Waals surface area contributed by atoms with Gasteiger partial charge in [-0.3, -0.25) is 4.79 Å². The lowest BCUT2D eigenvalue weighted by molar-refractivity contribution is -0.144. The second kappa shape index (κ2) is 12.5. The van der Waals surface area contributed by atoms with Gasteiger partial charge in [-0.05, 0) is 81.0 Å². The van der Waals surface area contributed by atoms with Gasteiger partial charge in [0.1, 0.15) is 17.4 Å². The van der Waals surface area contributed by atoms with E-state index in [9.17, 15) is 13.6 Å². The van der Waals surface area contributed by atoms with E-state index in [-0.39, 0.29) is 29.6 Å². The normalized spacial score (nSPS) is 30.9. The molecule has 35 heavy (non-hydrogen) atoms. The van der Waals surface area contributed by atoms with Crippen molar-refractivity contribution in [2.45, 2.75) is 103 Å². The second-order valence-electron chi connectivity index (χ2n) is 11.6. The first-order valence-corrected chi connectivity index (χ1v) is 14.3. The Bertz CT molecular complexity index is 835. The summed E-state index contributed by atoms with van der Waals surface area (Å²) in [4.78, 5) is 13.1. The number of esters is 1. The lowest BCUT2D eigenvalue weighted by atomic mass is 9.59. The molecule has 2 nitrogen and oxygen atoms in total. The number of allylic oxidation sites excluding steroid dienone is 1. The molecule has 4 atom stereocenters. The lowest BCUT2D eigenvalue weighted by Crippen LogP contribution is -2.40. The molecular weight excluding hydrogens is 442 g/mol. The summed E-state index contributed by atoms with van der Waals surface area (Å²) >= 11 is 0. The summed E-state index contributed by atoms with van der Waals surface area (Å²) in [6.07, 6.45) is 18.7. The van der Waals surface area contributed by atoms with E-state index in [0.717, 1.165) is 49.1 Å². The largest absolute Gasteiger partial charge is 0.426 e. The third-order valence-corrected chi connectivity index (χ3v) is 9.45. The molecule has 1 aromatic rings. The van der Waals surface area contributed by atoms with Crippen LogP contribution in [-0.4, -0.2) is 5.97 Å². The van der Waals surface area contributed by atoms with E-state index in [1.165, 1.54) is 64.2 Å². The van der Waals surface area contributed by atoms with Gasteiger partial charge in [-0.15, -0.1) is 6.58 Å². The van der Waals surface area contributed by atoms with Gasteiger partial charge in [-0.2, -0.15) is 0 Å². The van der Waals surface area contributed by atoms with Crippen LogP contribution in [0.3, 0.4) is 0 Å². The molecule has 3 fully saturated rings. The van der Waals surface area contributed by atoms with Gasteiger partial charge in [-0.1, -0.05) is 57.9 Å². The molecule has 0 amide bonds. The first-order valence-electron chi connectivity index (χ1n) is 14.3. The van der Waals surface area contributed by atoms with Crippen molar-refractivity contribution < 1.29 is 18.3 Å². The highest BCUT2D eigenvalue weighted by molar-refractivity contribution is 5.75. The number of hydrogen-bond donors (Lipinski definition) is 0. The van der Waals surface area contributed by atoms with E-state index in [2.05, 4.69) is 13.5 Å². The summed E-state index contributed by atoms with van der Waals surface area (Å²) in [5.41, 5.74) is 0.0279. The predicted molar refractivity (Wildman–Crippen MR) is 137 cm³/mol. The van der Waals surface area contributed by atoms with E-state index < -0.39 is 11.6 Å². The Balaban J connectivity index is 1.32. The summed E-state index contributed by atoms with van der Waals surface area (Å²) in [7, 11) is 0. The molecule has 0 aromatic heterocycles. The van der Waals surface area contributed by atoms with E-state index in [0.29, 0.717) is 18.3 Å². The fraction of sp³-hybridized carbons (Fsp3) is 0.710. The molecule has 4 rings (SSSR count). The number of carbonyl (C=O) groups is 1. The van der Waals surface area contributed by atoms with Crippen LogP contribution in [0.15, 0.2) is 24.8 Å². The van der Waals surface area contributed by atoms with Gasteiger partial charge in [0, 0.05) is 17.7 Å². The van der Waals surface area contributed by atoms with Crippen molar-refractivity contribution in [3.8, 4) is 5.75 Å². The van der Waals surface area contributed by atoms with E-state index in [1.807, 2.05) is 0 Å². The van der Waals surface area contributed by atoms with Gasteiger partial charge < -0.3 is 4.74 Å². The Kier molecular flexibility index (Phi) is 9.41. The van der Waals surface area contributed by atoms with Gasteiger partial charge in [0.2, 0.25) is 0 Å². The highest BCUT2D eigenvalue weighted by Gasteiger charge is 2.43. The molecule has 1 aromatic carbocycles. The molecule has 3 aliphatic carbocycles. The maximum Gasteiger partial charge on any atom is 0.314 e. The van der Waals surface area contributed by atoms with Crippen LogP contribution < -0.4 is 4.74 Å². The molecule has 0 aliphatic heterocycles. The van der Waals surface area contributed by atoms with Crippen LogP contribution in [-0.2, 0) is 11.2 Å². The van der Waals surface area contributed by atoms with Crippen LogP contribution in [0.25, 0.3) is 0 Å². The van der Waals surface area contributed by atoms with Crippen LogP contribution >= 0.6 is 0 Å². The summed E-state index contributed by atoms with van der Waals surface area (Å²) in [5.74, 6) is 1.81. The van der Waals surface area contributed by atoms with E-state index in [1.54, 1.807) is 6.08 Å². The van der Waals surface area contributed by atoms with Gasteiger partial charge in [0.25, 0.3) is 0 Å². The maximum atomic E-state index is 14.4. The zero-order chi connectivity index (χ0) is 24.8. The van der Waals surface area contributed by atoms with Crippen molar-refractivity contribution in [1.82, 2.24) is 0 Å².